The Labute approximate surface area is 117 Å². The van der Waals surface area contributed by atoms with Gasteiger partial charge in [-0.1, -0.05) is 37.6 Å². The van der Waals surface area contributed by atoms with Crippen LogP contribution in [-0.4, -0.2) is 14.7 Å². The molecule has 0 bridgehead atoms. The molecule has 1 atom stereocenters. The van der Waals surface area contributed by atoms with E-state index in [1.54, 1.807) is 0 Å². The first kappa shape index (κ1) is 14.0. The molecule has 6 heteroatoms. The predicted octanol–water partition coefficient (Wildman–Crippen LogP) is 2.94. The summed E-state index contributed by atoms with van der Waals surface area (Å²) in [5, 5.41) is 14.8. The zero-order valence-corrected chi connectivity index (χ0v) is 11.6. The van der Waals surface area contributed by atoms with Gasteiger partial charge in [0.25, 0.3) is 0 Å². The van der Waals surface area contributed by atoms with Gasteiger partial charge < -0.3 is 5.73 Å². The summed E-state index contributed by atoms with van der Waals surface area (Å²) in [6.45, 7) is 4.06. The molecule has 0 saturated carbocycles. The van der Waals surface area contributed by atoms with Gasteiger partial charge in [-0.05, 0) is 24.5 Å². The van der Waals surface area contributed by atoms with E-state index in [1.165, 1.54) is 16.4 Å². The molecule has 0 spiro atoms. The Morgan fingerprint density at radius 1 is 1.40 bits per heavy atom. The van der Waals surface area contributed by atoms with Crippen molar-refractivity contribution >= 4 is 11.5 Å². The second-order valence-corrected chi connectivity index (χ2v) is 4.78. The maximum Gasteiger partial charge on any atom is 0.330 e. The molecule has 2 aromatic rings. The molecule has 2 N–H and O–H groups in total. The van der Waals surface area contributed by atoms with E-state index in [-0.39, 0.29) is 17.5 Å². The van der Waals surface area contributed by atoms with Crippen LogP contribution in [0.3, 0.4) is 0 Å². The van der Waals surface area contributed by atoms with Crippen LogP contribution in [0.5, 0.6) is 0 Å². The van der Waals surface area contributed by atoms with Crippen molar-refractivity contribution in [3.63, 3.8) is 0 Å². The standard InChI is InChI=1S/C14H18N4O2/c1-3-4-11-5-7-12(8-6-11)10(2)17-14(15)13(9-16-17)18(19)20/h5-10H,3-4,15H2,1-2H3. The minimum absolute atomic E-state index is 0.0835. The molecule has 0 aliphatic heterocycles. The molecule has 1 unspecified atom stereocenters. The molecular formula is C14H18N4O2. The summed E-state index contributed by atoms with van der Waals surface area (Å²) in [5.41, 5.74) is 7.93. The molecule has 0 aliphatic carbocycles. The smallest absolute Gasteiger partial charge is 0.330 e. The lowest BCUT2D eigenvalue weighted by atomic mass is 10.0. The Kier molecular flexibility index (Phi) is 4.02. The number of nitro groups is 1. The lowest BCUT2D eigenvalue weighted by molar-refractivity contribution is -0.384. The minimum atomic E-state index is -0.518. The molecule has 1 aromatic carbocycles. The third-order valence-electron chi connectivity index (χ3n) is 3.38. The van der Waals surface area contributed by atoms with Crippen molar-refractivity contribution in [1.29, 1.82) is 0 Å². The number of anilines is 1. The van der Waals surface area contributed by atoms with E-state index < -0.39 is 4.92 Å². The molecule has 106 valence electrons. The number of aromatic nitrogens is 2. The summed E-state index contributed by atoms with van der Waals surface area (Å²) in [6, 6.07) is 8.04. The van der Waals surface area contributed by atoms with Crippen LogP contribution in [0.15, 0.2) is 30.5 Å². The molecule has 1 aromatic heterocycles. The average molecular weight is 274 g/mol. The summed E-state index contributed by atoms with van der Waals surface area (Å²) < 4.78 is 1.48. The first-order valence-electron chi connectivity index (χ1n) is 6.60. The number of nitrogens with two attached hydrogens (primary N) is 1. The Balaban J connectivity index is 2.26. The first-order chi connectivity index (χ1) is 9.54. The SMILES string of the molecule is CCCc1ccc(C(C)n2ncc([N+](=O)[O-])c2N)cc1. The van der Waals surface area contributed by atoms with Crippen LogP contribution in [-0.2, 0) is 6.42 Å². The van der Waals surface area contributed by atoms with Crippen LogP contribution in [0.25, 0.3) is 0 Å². The number of aryl methyl sites for hydroxylation is 1. The summed E-state index contributed by atoms with van der Waals surface area (Å²) in [6.07, 6.45) is 3.34. The number of rotatable bonds is 5. The monoisotopic (exact) mass is 274 g/mol. The van der Waals surface area contributed by atoms with E-state index in [0.29, 0.717) is 0 Å². The Hall–Kier alpha value is -2.37. The van der Waals surface area contributed by atoms with Crippen LogP contribution < -0.4 is 5.73 Å². The molecule has 1 heterocycles. The Bertz CT molecular complexity index is 604. The van der Waals surface area contributed by atoms with Crippen LogP contribution in [0.4, 0.5) is 11.5 Å². The summed E-state index contributed by atoms with van der Waals surface area (Å²) in [4.78, 5) is 10.3. The van der Waals surface area contributed by atoms with E-state index in [1.807, 2.05) is 19.1 Å². The molecule has 20 heavy (non-hydrogen) atoms. The first-order valence-corrected chi connectivity index (χ1v) is 6.60. The second kappa shape index (κ2) is 5.73. The largest absolute Gasteiger partial charge is 0.378 e. The Morgan fingerprint density at radius 3 is 2.55 bits per heavy atom. The third kappa shape index (κ3) is 2.64. The number of nitrogens with zero attached hydrogens (tertiary/aromatic N) is 3. The van der Waals surface area contributed by atoms with Crippen molar-refractivity contribution in [3.8, 4) is 0 Å². The topological polar surface area (TPSA) is 87.0 Å². The number of nitrogen functional groups attached to an aromatic ring is 1. The molecule has 0 amide bonds. The van der Waals surface area contributed by atoms with Crippen LogP contribution >= 0.6 is 0 Å². The third-order valence-corrected chi connectivity index (χ3v) is 3.38. The van der Waals surface area contributed by atoms with Gasteiger partial charge in [-0.2, -0.15) is 5.10 Å². The molecule has 2 rings (SSSR count). The quantitative estimate of drug-likeness (QED) is 0.670. The Morgan fingerprint density at radius 2 is 2.05 bits per heavy atom. The zero-order chi connectivity index (χ0) is 14.7. The van der Waals surface area contributed by atoms with E-state index in [0.717, 1.165) is 18.4 Å². The maximum atomic E-state index is 10.8. The van der Waals surface area contributed by atoms with Gasteiger partial charge in [0.2, 0.25) is 5.82 Å². The van der Waals surface area contributed by atoms with Crippen molar-refractivity contribution in [2.75, 3.05) is 5.73 Å². The zero-order valence-electron chi connectivity index (χ0n) is 11.6. The second-order valence-electron chi connectivity index (χ2n) is 4.78. The maximum absolute atomic E-state index is 10.8. The van der Waals surface area contributed by atoms with E-state index in [4.69, 9.17) is 5.73 Å². The fraction of sp³-hybridized carbons (Fsp3) is 0.357. The molecule has 0 aliphatic rings. The van der Waals surface area contributed by atoms with Gasteiger partial charge in [0.15, 0.2) is 0 Å². The van der Waals surface area contributed by atoms with Crippen LogP contribution in [0.2, 0.25) is 0 Å². The molecule has 6 nitrogen and oxygen atoms in total. The number of hydrogen-bond acceptors (Lipinski definition) is 4. The van der Waals surface area contributed by atoms with Crippen molar-refractivity contribution in [3.05, 3.63) is 51.7 Å². The van der Waals surface area contributed by atoms with Crippen molar-refractivity contribution in [2.45, 2.75) is 32.7 Å². The van der Waals surface area contributed by atoms with Gasteiger partial charge in [-0.3, -0.25) is 10.1 Å². The molecule has 0 fully saturated rings. The summed E-state index contributed by atoms with van der Waals surface area (Å²) >= 11 is 0. The van der Waals surface area contributed by atoms with Crippen molar-refractivity contribution in [1.82, 2.24) is 9.78 Å². The van der Waals surface area contributed by atoms with E-state index >= 15 is 0 Å². The van der Waals surface area contributed by atoms with Gasteiger partial charge >= 0.3 is 5.69 Å². The fourth-order valence-corrected chi connectivity index (χ4v) is 2.20. The summed E-state index contributed by atoms with van der Waals surface area (Å²) in [7, 11) is 0. The lowest BCUT2D eigenvalue weighted by Gasteiger charge is -2.14. The molecule has 0 saturated heterocycles. The van der Waals surface area contributed by atoms with Crippen molar-refractivity contribution < 1.29 is 4.92 Å². The van der Waals surface area contributed by atoms with E-state index in [9.17, 15) is 10.1 Å². The van der Waals surface area contributed by atoms with Gasteiger partial charge in [0.1, 0.15) is 6.20 Å². The highest BCUT2D eigenvalue weighted by molar-refractivity contribution is 5.52. The fourth-order valence-electron chi connectivity index (χ4n) is 2.20. The van der Waals surface area contributed by atoms with Gasteiger partial charge in [0.05, 0.1) is 11.0 Å². The summed E-state index contributed by atoms with van der Waals surface area (Å²) in [5.74, 6) is 0.0835. The normalized spacial score (nSPS) is 12.3. The van der Waals surface area contributed by atoms with Gasteiger partial charge in [0, 0.05) is 0 Å². The van der Waals surface area contributed by atoms with Crippen molar-refractivity contribution in [2.24, 2.45) is 0 Å². The number of hydrogen-bond donors (Lipinski definition) is 1. The number of benzene rings is 1. The minimum Gasteiger partial charge on any atom is -0.378 e. The molecule has 0 radical (unpaired) electrons. The average Bonchev–Trinajstić information content (AvgIpc) is 2.81. The van der Waals surface area contributed by atoms with Gasteiger partial charge in [-0.15, -0.1) is 0 Å². The van der Waals surface area contributed by atoms with Gasteiger partial charge in [-0.25, -0.2) is 4.68 Å². The van der Waals surface area contributed by atoms with Crippen LogP contribution in [0.1, 0.15) is 37.4 Å². The predicted molar refractivity (Wildman–Crippen MR) is 77.5 cm³/mol. The van der Waals surface area contributed by atoms with Crippen LogP contribution in [0, 0.1) is 10.1 Å². The highest BCUT2D eigenvalue weighted by atomic mass is 16.6. The molecular weight excluding hydrogens is 256 g/mol. The highest BCUT2D eigenvalue weighted by Gasteiger charge is 2.21. The lowest BCUT2D eigenvalue weighted by Crippen LogP contribution is -2.12. The van der Waals surface area contributed by atoms with E-state index in [2.05, 4.69) is 24.2 Å². The highest BCUT2D eigenvalue weighted by Crippen LogP contribution is 2.27.